The van der Waals surface area contributed by atoms with E-state index in [2.05, 4.69) is 47.8 Å². The maximum atomic E-state index is 5.45. The molecule has 0 bridgehead atoms. The van der Waals surface area contributed by atoms with Gasteiger partial charge in [-0.25, -0.2) is 0 Å². The number of rotatable bonds is 5. The van der Waals surface area contributed by atoms with E-state index in [-0.39, 0.29) is 0 Å². The third-order valence-electron chi connectivity index (χ3n) is 2.71. The smallest absolute Gasteiger partial charge is 0.137 e. The molecule has 0 amide bonds. The first-order chi connectivity index (χ1) is 7.93. The number of pyridine rings is 1. The largest absolute Gasteiger partial charge is 0.492 e. The van der Waals surface area contributed by atoms with Crippen molar-refractivity contribution in [3.63, 3.8) is 0 Å². The summed E-state index contributed by atoms with van der Waals surface area (Å²) in [7, 11) is 0. The fourth-order valence-corrected chi connectivity index (χ4v) is 1.80. The van der Waals surface area contributed by atoms with Gasteiger partial charge in [0, 0.05) is 11.0 Å². The topological polar surface area (TPSA) is 22.1 Å². The number of nitrogens with zero attached hydrogens (tertiary/aromatic N) is 1. The van der Waals surface area contributed by atoms with Crippen LogP contribution in [0.5, 0.6) is 5.75 Å². The third kappa shape index (κ3) is 5.07. The molecule has 1 unspecified atom stereocenters. The Morgan fingerprint density at radius 3 is 2.65 bits per heavy atom. The molecule has 17 heavy (non-hydrogen) atoms. The van der Waals surface area contributed by atoms with E-state index in [1.165, 1.54) is 5.56 Å². The molecule has 1 aromatic rings. The summed E-state index contributed by atoms with van der Waals surface area (Å²) in [5.41, 5.74) is 1.54. The fourth-order valence-electron chi connectivity index (χ4n) is 1.57. The van der Waals surface area contributed by atoms with Gasteiger partial charge in [0.2, 0.25) is 0 Å². The van der Waals surface area contributed by atoms with Gasteiger partial charge in [0.05, 0.1) is 12.8 Å². The van der Waals surface area contributed by atoms with Crippen LogP contribution in [0.1, 0.15) is 39.7 Å². The molecule has 0 aliphatic heterocycles. The molecule has 0 aliphatic carbocycles. The van der Waals surface area contributed by atoms with Gasteiger partial charge in [0.25, 0.3) is 0 Å². The van der Waals surface area contributed by atoms with E-state index in [0.717, 1.165) is 18.6 Å². The van der Waals surface area contributed by atoms with Gasteiger partial charge in [-0.05, 0) is 36.8 Å². The van der Waals surface area contributed by atoms with Gasteiger partial charge in [-0.3, -0.25) is 4.98 Å². The molecule has 0 aromatic carbocycles. The molecule has 96 valence electrons. The maximum absolute atomic E-state index is 5.45. The summed E-state index contributed by atoms with van der Waals surface area (Å²) in [5, 5.41) is 0. The van der Waals surface area contributed by atoms with Gasteiger partial charge in [0.1, 0.15) is 5.75 Å². The molecule has 0 radical (unpaired) electrons. The molecule has 2 nitrogen and oxygen atoms in total. The van der Waals surface area contributed by atoms with Crippen molar-refractivity contribution in [2.45, 2.75) is 45.4 Å². The van der Waals surface area contributed by atoms with E-state index >= 15 is 0 Å². The predicted octanol–water partition coefficient (Wildman–Crippen LogP) is 4.22. The Hall–Kier alpha value is -0.570. The highest BCUT2D eigenvalue weighted by Crippen LogP contribution is 2.29. The molecule has 1 aromatic heterocycles. The summed E-state index contributed by atoms with van der Waals surface area (Å²) in [5.74, 6) is 0.867. The SMILES string of the molecule is CCOc1cncc(CCC(Br)C(C)(C)C)c1. The Morgan fingerprint density at radius 1 is 1.35 bits per heavy atom. The number of alkyl halides is 1. The Labute approximate surface area is 113 Å². The standard InChI is InChI=1S/C14H22BrNO/c1-5-17-12-8-11(9-16-10-12)6-7-13(15)14(2,3)4/h8-10,13H,5-7H2,1-4H3. The van der Waals surface area contributed by atoms with E-state index in [9.17, 15) is 0 Å². The lowest BCUT2D eigenvalue weighted by Gasteiger charge is -2.25. The lowest BCUT2D eigenvalue weighted by atomic mass is 9.89. The number of aryl methyl sites for hydroxylation is 1. The second-order valence-electron chi connectivity index (χ2n) is 5.33. The number of hydrogen-bond donors (Lipinski definition) is 0. The van der Waals surface area contributed by atoms with Crippen LogP contribution < -0.4 is 4.74 Å². The van der Waals surface area contributed by atoms with Crippen molar-refractivity contribution in [1.29, 1.82) is 0 Å². The first-order valence-electron chi connectivity index (χ1n) is 6.14. The second kappa shape index (κ2) is 6.39. The normalized spacial score (nSPS) is 13.5. The van der Waals surface area contributed by atoms with Crippen molar-refractivity contribution < 1.29 is 4.74 Å². The number of ether oxygens (including phenoxy) is 1. The van der Waals surface area contributed by atoms with Crippen molar-refractivity contribution >= 4 is 15.9 Å². The van der Waals surface area contributed by atoms with Crippen molar-refractivity contribution in [1.82, 2.24) is 4.98 Å². The highest BCUT2D eigenvalue weighted by Gasteiger charge is 2.21. The monoisotopic (exact) mass is 299 g/mol. The Kier molecular flexibility index (Phi) is 5.44. The summed E-state index contributed by atoms with van der Waals surface area (Å²) in [6.45, 7) is 9.43. The first-order valence-corrected chi connectivity index (χ1v) is 7.06. The van der Waals surface area contributed by atoms with Crippen molar-refractivity contribution in [2.24, 2.45) is 5.41 Å². The minimum atomic E-state index is 0.297. The maximum Gasteiger partial charge on any atom is 0.137 e. The molecule has 0 saturated heterocycles. The molecule has 1 heterocycles. The van der Waals surface area contributed by atoms with Crippen LogP contribution in [0.15, 0.2) is 18.5 Å². The van der Waals surface area contributed by atoms with E-state index in [1.54, 1.807) is 6.20 Å². The van der Waals surface area contributed by atoms with Crippen LogP contribution in [0.2, 0.25) is 0 Å². The van der Waals surface area contributed by atoms with Gasteiger partial charge in [0.15, 0.2) is 0 Å². The lowest BCUT2D eigenvalue weighted by molar-refractivity contribution is 0.338. The Balaban J connectivity index is 2.54. The third-order valence-corrected chi connectivity index (χ3v) is 4.54. The van der Waals surface area contributed by atoms with Gasteiger partial charge in [-0.1, -0.05) is 36.7 Å². The summed E-state index contributed by atoms with van der Waals surface area (Å²) >= 11 is 3.75. The Bertz CT molecular complexity index is 346. The van der Waals surface area contributed by atoms with Crippen LogP contribution in [-0.2, 0) is 6.42 Å². The van der Waals surface area contributed by atoms with Crippen LogP contribution in [0.4, 0.5) is 0 Å². The van der Waals surface area contributed by atoms with E-state index in [0.29, 0.717) is 16.8 Å². The van der Waals surface area contributed by atoms with Crippen molar-refractivity contribution in [2.75, 3.05) is 6.61 Å². The van der Waals surface area contributed by atoms with Crippen LogP contribution in [0.3, 0.4) is 0 Å². The molecule has 0 fully saturated rings. The molecular weight excluding hydrogens is 278 g/mol. The molecular formula is C14H22BrNO. The highest BCUT2D eigenvalue weighted by molar-refractivity contribution is 9.09. The quantitative estimate of drug-likeness (QED) is 0.759. The molecule has 0 saturated carbocycles. The lowest BCUT2D eigenvalue weighted by Crippen LogP contribution is -2.20. The minimum Gasteiger partial charge on any atom is -0.492 e. The number of hydrogen-bond acceptors (Lipinski definition) is 2. The average molecular weight is 300 g/mol. The van der Waals surface area contributed by atoms with Crippen LogP contribution in [-0.4, -0.2) is 16.4 Å². The van der Waals surface area contributed by atoms with E-state index < -0.39 is 0 Å². The summed E-state index contributed by atoms with van der Waals surface area (Å²) in [4.78, 5) is 4.72. The van der Waals surface area contributed by atoms with Gasteiger partial charge in [-0.2, -0.15) is 0 Å². The van der Waals surface area contributed by atoms with Crippen molar-refractivity contribution in [3.8, 4) is 5.75 Å². The number of aromatic nitrogens is 1. The van der Waals surface area contributed by atoms with Crippen LogP contribution >= 0.6 is 15.9 Å². The zero-order chi connectivity index (χ0) is 12.9. The van der Waals surface area contributed by atoms with E-state index in [4.69, 9.17) is 4.74 Å². The summed E-state index contributed by atoms with van der Waals surface area (Å²) in [6, 6.07) is 2.08. The zero-order valence-electron chi connectivity index (χ0n) is 11.2. The Morgan fingerprint density at radius 2 is 2.06 bits per heavy atom. The fraction of sp³-hybridized carbons (Fsp3) is 0.643. The average Bonchev–Trinajstić information content (AvgIpc) is 2.25. The van der Waals surface area contributed by atoms with Gasteiger partial charge in [-0.15, -0.1) is 0 Å². The van der Waals surface area contributed by atoms with Gasteiger partial charge < -0.3 is 4.74 Å². The predicted molar refractivity (Wildman–Crippen MR) is 75.9 cm³/mol. The van der Waals surface area contributed by atoms with E-state index in [1.807, 2.05) is 13.1 Å². The molecule has 0 aliphatic rings. The minimum absolute atomic E-state index is 0.297. The summed E-state index contributed by atoms with van der Waals surface area (Å²) in [6.07, 6.45) is 5.83. The van der Waals surface area contributed by atoms with Crippen molar-refractivity contribution in [3.05, 3.63) is 24.0 Å². The zero-order valence-corrected chi connectivity index (χ0v) is 12.8. The van der Waals surface area contributed by atoms with Gasteiger partial charge >= 0.3 is 0 Å². The molecule has 1 rings (SSSR count). The van der Waals surface area contributed by atoms with Crippen LogP contribution in [0.25, 0.3) is 0 Å². The van der Waals surface area contributed by atoms with Crippen LogP contribution in [0, 0.1) is 5.41 Å². The molecule has 0 spiro atoms. The first kappa shape index (κ1) is 14.5. The summed E-state index contributed by atoms with van der Waals surface area (Å²) < 4.78 is 5.45. The molecule has 1 atom stereocenters. The molecule has 0 N–H and O–H groups in total. The second-order valence-corrected chi connectivity index (χ2v) is 6.44. The molecule has 3 heteroatoms. The highest BCUT2D eigenvalue weighted by atomic mass is 79.9. The number of halogens is 1.